The lowest BCUT2D eigenvalue weighted by molar-refractivity contribution is -0.0689. The molecule has 3 nitrogen and oxygen atoms in total. The molecule has 1 saturated heterocycles. The van der Waals surface area contributed by atoms with E-state index in [2.05, 4.69) is 0 Å². The van der Waals surface area contributed by atoms with Crippen molar-refractivity contribution in [1.29, 1.82) is 0 Å². The van der Waals surface area contributed by atoms with Crippen LogP contribution in [0.3, 0.4) is 0 Å². The zero-order chi connectivity index (χ0) is 9.80. The van der Waals surface area contributed by atoms with Crippen molar-refractivity contribution in [3.8, 4) is 5.75 Å². The number of halogens is 1. The van der Waals surface area contributed by atoms with Gasteiger partial charge in [-0.15, -0.1) is 0 Å². The van der Waals surface area contributed by atoms with Crippen LogP contribution >= 0.6 is 0 Å². The summed E-state index contributed by atoms with van der Waals surface area (Å²) in [7, 11) is 0. The lowest BCUT2D eigenvalue weighted by Gasteiger charge is -2.11. The molecule has 0 saturated carbocycles. The van der Waals surface area contributed by atoms with Gasteiger partial charge in [0.1, 0.15) is 6.61 Å². The molecule has 4 heteroatoms. The molecule has 0 bridgehead atoms. The SMILES string of the molecule is Fc1ccccc1OCC1OCCO1. The highest BCUT2D eigenvalue weighted by molar-refractivity contribution is 5.23. The molecule has 14 heavy (non-hydrogen) atoms. The smallest absolute Gasteiger partial charge is 0.191 e. The Morgan fingerprint density at radius 1 is 1.29 bits per heavy atom. The molecule has 1 aromatic carbocycles. The van der Waals surface area contributed by atoms with E-state index in [4.69, 9.17) is 14.2 Å². The van der Waals surface area contributed by atoms with Crippen molar-refractivity contribution < 1.29 is 18.6 Å². The molecule has 1 aliphatic rings. The Hall–Kier alpha value is -1.13. The quantitative estimate of drug-likeness (QED) is 0.738. The number of ether oxygens (including phenoxy) is 3. The van der Waals surface area contributed by atoms with Crippen molar-refractivity contribution in [2.45, 2.75) is 6.29 Å². The maximum Gasteiger partial charge on any atom is 0.191 e. The molecule has 1 fully saturated rings. The van der Waals surface area contributed by atoms with Crippen molar-refractivity contribution in [2.24, 2.45) is 0 Å². The molecule has 0 spiro atoms. The van der Waals surface area contributed by atoms with Gasteiger partial charge in [0.2, 0.25) is 0 Å². The van der Waals surface area contributed by atoms with Gasteiger partial charge >= 0.3 is 0 Å². The molecule has 0 aromatic heterocycles. The van der Waals surface area contributed by atoms with Gasteiger partial charge in [0, 0.05) is 0 Å². The zero-order valence-electron chi connectivity index (χ0n) is 7.61. The summed E-state index contributed by atoms with van der Waals surface area (Å²) in [5.74, 6) is -0.142. The predicted molar refractivity (Wildman–Crippen MR) is 47.6 cm³/mol. The highest BCUT2D eigenvalue weighted by Crippen LogP contribution is 2.16. The minimum atomic E-state index is -0.370. The number of para-hydroxylation sites is 1. The van der Waals surface area contributed by atoms with Crippen molar-refractivity contribution in [2.75, 3.05) is 19.8 Å². The van der Waals surface area contributed by atoms with Gasteiger partial charge < -0.3 is 14.2 Å². The Labute approximate surface area is 81.4 Å². The fourth-order valence-electron chi connectivity index (χ4n) is 1.22. The largest absolute Gasteiger partial charge is 0.485 e. The van der Waals surface area contributed by atoms with E-state index >= 15 is 0 Å². The van der Waals surface area contributed by atoms with Crippen molar-refractivity contribution in [3.05, 3.63) is 30.1 Å². The fourth-order valence-corrected chi connectivity index (χ4v) is 1.22. The summed E-state index contributed by atoms with van der Waals surface area (Å²) < 4.78 is 28.5. The molecule has 0 amide bonds. The van der Waals surface area contributed by atoms with E-state index < -0.39 is 0 Å². The van der Waals surface area contributed by atoms with Gasteiger partial charge in [0.25, 0.3) is 0 Å². The van der Waals surface area contributed by atoms with Crippen LogP contribution in [0.2, 0.25) is 0 Å². The lowest BCUT2D eigenvalue weighted by Crippen LogP contribution is -2.18. The summed E-state index contributed by atoms with van der Waals surface area (Å²) in [5.41, 5.74) is 0. The first kappa shape index (κ1) is 9.43. The van der Waals surface area contributed by atoms with Gasteiger partial charge in [0.05, 0.1) is 13.2 Å². The number of hydrogen-bond donors (Lipinski definition) is 0. The molecular formula is C10H11FO3. The van der Waals surface area contributed by atoms with Gasteiger partial charge in [-0.2, -0.15) is 0 Å². The first-order chi connectivity index (χ1) is 6.86. The van der Waals surface area contributed by atoms with Crippen LogP contribution in [-0.4, -0.2) is 26.1 Å². The average Bonchev–Trinajstić information content (AvgIpc) is 2.69. The first-order valence-corrected chi connectivity index (χ1v) is 4.47. The summed E-state index contributed by atoms with van der Waals surface area (Å²) in [6.45, 7) is 1.37. The Morgan fingerprint density at radius 2 is 2.00 bits per heavy atom. The van der Waals surface area contributed by atoms with E-state index in [9.17, 15) is 4.39 Å². The molecule has 2 rings (SSSR count). The normalized spacial score (nSPS) is 17.2. The molecule has 1 heterocycles. The summed E-state index contributed by atoms with van der Waals surface area (Å²) in [5, 5.41) is 0. The lowest BCUT2D eigenvalue weighted by atomic mass is 10.3. The van der Waals surface area contributed by atoms with Gasteiger partial charge in [0.15, 0.2) is 17.9 Å². The number of rotatable bonds is 3. The van der Waals surface area contributed by atoms with E-state index in [1.165, 1.54) is 6.07 Å². The maximum absolute atomic E-state index is 13.1. The van der Waals surface area contributed by atoms with Gasteiger partial charge in [-0.3, -0.25) is 0 Å². The van der Waals surface area contributed by atoms with Crippen LogP contribution in [-0.2, 0) is 9.47 Å². The van der Waals surface area contributed by atoms with Gasteiger partial charge in [-0.25, -0.2) is 4.39 Å². The van der Waals surface area contributed by atoms with E-state index in [0.29, 0.717) is 13.2 Å². The Bertz CT molecular complexity index is 297. The van der Waals surface area contributed by atoms with Crippen molar-refractivity contribution in [3.63, 3.8) is 0 Å². The molecule has 0 aliphatic carbocycles. The highest BCUT2D eigenvalue weighted by atomic mass is 19.1. The minimum absolute atomic E-state index is 0.223. The van der Waals surface area contributed by atoms with Crippen LogP contribution in [0.15, 0.2) is 24.3 Å². The second-order valence-corrected chi connectivity index (χ2v) is 2.91. The Morgan fingerprint density at radius 3 is 2.71 bits per heavy atom. The maximum atomic E-state index is 13.1. The van der Waals surface area contributed by atoms with Crippen LogP contribution in [0.5, 0.6) is 5.75 Å². The molecule has 0 unspecified atom stereocenters. The van der Waals surface area contributed by atoms with Crippen LogP contribution in [0, 0.1) is 5.82 Å². The fraction of sp³-hybridized carbons (Fsp3) is 0.400. The third kappa shape index (κ3) is 2.21. The molecule has 1 aromatic rings. The van der Waals surface area contributed by atoms with Crippen LogP contribution in [0.25, 0.3) is 0 Å². The minimum Gasteiger partial charge on any atom is -0.485 e. The van der Waals surface area contributed by atoms with Crippen LogP contribution < -0.4 is 4.74 Å². The standard InChI is InChI=1S/C10H11FO3/c11-8-3-1-2-4-9(8)14-7-10-12-5-6-13-10/h1-4,10H,5-7H2. The first-order valence-electron chi connectivity index (χ1n) is 4.47. The Kier molecular flexibility index (Phi) is 2.96. The van der Waals surface area contributed by atoms with Crippen LogP contribution in [0.4, 0.5) is 4.39 Å². The summed E-state index contributed by atoms with van der Waals surface area (Å²) in [6.07, 6.45) is -0.366. The van der Waals surface area contributed by atoms with Gasteiger partial charge in [-0.05, 0) is 12.1 Å². The topological polar surface area (TPSA) is 27.7 Å². The highest BCUT2D eigenvalue weighted by Gasteiger charge is 2.16. The second kappa shape index (κ2) is 4.39. The number of benzene rings is 1. The molecular weight excluding hydrogens is 187 g/mol. The third-order valence-corrected chi connectivity index (χ3v) is 1.90. The summed E-state index contributed by atoms with van der Waals surface area (Å²) >= 11 is 0. The predicted octanol–water partition coefficient (Wildman–Crippen LogP) is 1.58. The van der Waals surface area contributed by atoms with Crippen LogP contribution in [0.1, 0.15) is 0 Å². The molecule has 0 radical (unpaired) electrons. The monoisotopic (exact) mass is 198 g/mol. The van der Waals surface area contributed by atoms with Crippen molar-refractivity contribution >= 4 is 0 Å². The number of hydrogen-bond acceptors (Lipinski definition) is 3. The molecule has 0 atom stereocenters. The summed E-state index contributed by atoms with van der Waals surface area (Å²) in [4.78, 5) is 0. The van der Waals surface area contributed by atoms with E-state index in [1.807, 2.05) is 0 Å². The zero-order valence-corrected chi connectivity index (χ0v) is 7.61. The molecule has 0 N–H and O–H groups in total. The second-order valence-electron chi connectivity index (χ2n) is 2.91. The van der Waals surface area contributed by atoms with Gasteiger partial charge in [-0.1, -0.05) is 12.1 Å². The summed E-state index contributed by atoms with van der Waals surface area (Å²) in [6, 6.07) is 6.26. The third-order valence-electron chi connectivity index (χ3n) is 1.90. The van der Waals surface area contributed by atoms with E-state index in [0.717, 1.165) is 0 Å². The molecule has 1 aliphatic heterocycles. The Balaban J connectivity index is 1.88. The molecule has 76 valence electrons. The average molecular weight is 198 g/mol. The van der Waals surface area contributed by atoms with E-state index in [-0.39, 0.29) is 24.5 Å². The van der Waals surface area contributed by atoms with Crippen molar-refractivity contribution in [1.82, 2.24) is 0 Å². The van der Waals surface area contributed by atoms with E-state index in [1.54, 1.807) is 18.2 Å².